The van der Waals surface area contributed by atoms with E-state index in [0.29, 0.717) is 0 Å². The van der Waals surface area contributed by atoms with Gasteiger partial charge in [0, 0.05) is 13.3 Å². The van der Waals surface area contributed by atoms with E-state index in [9.17, 15) is 0 Å². The first-order valence-electron chi connectivity index (χ1n) is 5.18. The van der Waals surface area contributed by atoms with Crippen LogP contribution < -0.4 is 10.9 Å². The molecule has 1 aromatic rings. The van der Waals surface area contributed by atoms with Crippen molar-refractivity contribution in [2.24, 2.45) is 0 Å². The van der Waals surface area contributed by atoms with Crippen molar-refractivity contribution in [1.82, 2.24) is 0 Å². The third-order valence-electron chi connectivity index (χ3n) is 3.09. The zero-order valence-electron chi connectivity index (χ0n) is 9.89. The zero-order valence-corrected chi connectivity index (χ0v) is 12.0. The summed E-state index contributed by atoms with van der Waals surface area (Å²) in [5, 5.41) is 1.58. The molecule has 0 saturated heterocycles. The van der Waals surface area contributed by atoms with Crippen molar-refractivity contribution < 1.29 is 0 Å². The van der Waals surface area contributed by atoms with Crippen LogP contribution in [0.3, 0.4) is 0 Å². The number of anilines is 1. The Morgan fingerprint density at radius 1 is 1.21 bits per heavy atom. The van der Waals surface area contributed by atoms with Gasteiger partial charge in [-0.25, -0.2) is 0 Å². The molecule has 1 rings (SSSR count). The van der Waals surface area contributed by atoms with Gasteiger partial charge in [-0.15, -0.1) is 0 Å². The topological polar surface area (TPSA) is 26.0 Å². The lowest BCUT2D eigenvalue weighted by Gasteiger charge is -2.24. The van der Waals surface area contributed by atoms with Gasteiger partial charge in [0.05, 0.1) is 8.31 Å². The summed E-state index contributed by atoms with van der Waals surface area (Å²) in [5.74, 6) is 0. The molecule has 1 aromatic carbocycles. The normalized spacial score (nSPS) is 14.1. The maximum Gasteiger partial charge on any atom is 0.0614 e. The van der Waals surface area contributed by atoms with Gasteiger partial charge in [0.1, 0.15) is 0 Å². The average Bonchev–Trinajstić information content (AvgIpc) is 2.07. The molecule has 1 unspecified atom stereocenters. The Bertz CT molecular complexity index is 329. The van der Waals surface area contributed by atoms with Crippen molar-refractivity contribution in [3.8, 4) is 0 Å². The largest absolute Gasteiger partial charge is 0.399 e. The Kier molecular flexibility index (Phi) is 3.22. The fourth-order valence-electron chi connectivity index (χ4n) is 1.47. The fourth-order valence-corrected chi connectivity index (χ4v) is 6.89. The molecule has 0 aromatic heterocycles. The van der Waals surface area contributed by atoms with E-state index in [1.54, 1.807) is 5.19 Å². The summed E-state index contributed by atoms with van der Waals surface area (Å²) in [6.45, 7) is 12.0. The molecule has 0 bridgehead atoms. The molecule has 14 heavy (non-hydrogen) atoms. The van der Waals surface area contributed by atoms with Crippen LogP contribution in [0.4, 0.5) is 5.69 Å². The summed E-state index contributed by atoms with van der Waals surface area (Å²) in [6.07, 6.45) is 0. The number of hydrogen-bond acceptors (Lipinski definition) is 1. The first kappa shape index (κ1) is 11.5. The number of nitrogen functional groups attached to an aromatic ring is 1. The first-order chi connectivity index (χ1) is 6.32. The molecule has 78 valence electrons. The predicted octanol–water partition coefficient (Wildman–Crippen LogP) is 2.06. The number of nitrogens with two attached hydrogens (primary N) is 1. The van der Waals surface area contributed by atoms with Crippen molar-refractivity contribution in [3.63, 3.8) is 0 Å². The lowest BCUT2D eigenvalue weighted by Crippen LogP contribution is -2.49. The first-order valence-corrected chi connectivity index (χ1v) is 12.2. The van der Waals surface area contributed by atoms with Gasteiger partial charge >= 0.3 is 0 Å². The van der Waals surface area contributed by atoms with Gasteiger partial charge in [-0.1, -0.05) is 43.5 Å². The molecular weight excluding hydrogens is 202 g/mol. The molecule has 1 atom stereocenters. The van der Waals surface area contributed by atoms with E-state index >= 15 is 0 Å². The van der Waals surface area contributed by atoms with Crippen LogP contribution in [-0.4, -0.2) is 15.9 Å². The SMILES string of the molecule is Cc1cc([SiH](C)[Si](C)(C)C)ccc1N. The van der Waals surface area contributed by atoms with Gasteiger partial charge in [-0.05, 0) is 18.6 Å². The molecule has 0 amide bonds. The Morgan fingerprint density at radius 2 is 1.79 bits per heavy atom. The van der Waals surface area contributed by atoms with Crippen LogP contribution in [0.15, 0.2) is 18.2 Å². The Morgan fingerprint density at radius 3 is 2.21 bits per heavy atom. The van der Waals surface area contributed by atoms with Gasteiger partial charge in [0.2, 0.25) is 0 Å². The second kappa shape index (κ2) is 3.91. The van der Waals surface area contributed by atoms with Gasteiger partial charge in [0.25, 0.3) is 0 Å². The third-order valence-corrected chi connectivity index (χ3v) is 15.8. The third kappa shape index (κ3) is 2.48. The molecule has 0 saturated carbocycles. The van der Waals surface area contributed by atoms with Crippen LogP contribution in [0.1, 0.15) is 5.56 Å². The summed E-state index contributed by atoms with van der Waals surface area (Å²) < 4.78 is 0. The Labute approximate surface area is 89.7 Å². The molecule has 0 heterocycles. The zero-order chi connectivity index (χ0) is 10.9. The molecule has 0 fully saturated rings. The second-order valence-corrected chi connectivity index (χ2v) is 19.8. The standard InChI is InChI=1S/C11H21NSi2/c1-9-8-10(6-7-11(9)12)13(2)14(3,4)5/h6-8,13H,12H2,1-5H3. The molecule has 0 aliphatic heterocycles. The highest BCUT2D eigenvalue weighted by atomic mass is 29.2. The summed E-state index contributed by atoms with van der Waals surface area (Å²) in [4.78, 5) is 0. The van der Waals surface area contributed by atoms with Gasteiger partial charge in [-0.3, -0.25) is 0 Å². The number of hydrogen-bond donors (Lipinski definition) is 1. The van der Waals surface area contributed by atoms with Gasteiger partial charge < -0.3 is 5.73 Å². The van der Waals surface area contributed by atoms with Crippen molar-refractivity contribution in [2.75, 3.05) is 5.73 Å². The molecule has 0 radical (unpaired) electrons. The lowest BCUT2D eigenvalue weighted by molar-refractivity contribution is 1.49. The van der Waals surface area contributed by atoms with E-state index in [4.69, 9.17) is 5.73 Å². The second-order valence-electron chi connectivity index (χ2n) is 5.20. The van der Waals surface area contributed by atoms with Crippen molar-refractivity contribution >= 4 is 26.8 Å². The van der Waals surface area contributed by atoms with Crippen molar-refractivity contribution in [3.05, 3.63) is 23.8 Å². The van der Waals surface area contributed by atoms with E-state index in [-0.39, 0.29) is 0 Å². The minimum Gasteiger partial charge on any atom is -0.399 e. The van der Waals surface area contributed by atoms with Gasteiger partial charge in [0.15, 0.2) is 0 Å². The number of benzene rings is 1. The van der Waals surface area contributed by atoms with Crippen LogP contribution in [0, 0.1) is 6.92 Å². The molecule has 1 nitrogen and oxygen atoms in total. The quantitative estimate of drug-likeness (QED) is 0.603. The van der Waals surface area contributed by atoms with E-state index in [2.05, 4.69) is 51.3 Å². The van der Waals surface area contributed by atoms with Gasteiger partial charge in [-0.2, -0.15) is 0 Å². The number of rotatable bonds is 2. The monoisotopic (exact) mass is 223 g/mol. The maximum absolute atomic E-state index is 5.82. The number of aryl methyl sites for hydroxylation is 1. The van der Waals surface area contributed by atoms with Crippen LogP contribution in [0.2, 0.25) is 26.2 Å². The van der Waals surface area contributed by atoms with Crippen LogP contribution in [0.5, 0.6) is 0 Å². The van der Waals surface area contributed by atoms with E-state index in [1.165, 1.54) is 5.56 Å². The van der Waals surface area contributed by atoms with Crippen LogP contribution in [0.25, 0.3) is 0 Å². The lowest BCUT2D eigenvalue weighted by atomic mass is 10.2. The molecule has 0 aliphatic carbocycles. The van der Waals surface area contributed by atoms with Crippen LogP contribution >= 0.6 is 0 Å². The van der Waals surface area contributed by atoms with Crippen molar-refractivity contribution in [1.29, 1.82) is 0 Å². The van der Waals surface area contributed by atoms with E-state index in [0.717, 1.165) is 5.69 Å². The molecule has 3 heteroatoms. The molecule has 0 spiro atoms. The highest BCUT2D eigenvalue weighted by Gasteiger charge is 2.25. The Balaban J connectivity index is 3.03. The van der Waals surface area contributed by atoms with E-state index < -0.39 is 15.9 Å². The minimum atomic E-state index is -0.944. The molecular formula is C11H21NSi2. The summed E-state index contributed by atoms with van der Waals surface area (Å²) in [6, 6.07) is 6.59. The molecule has 0 aliphatic rings. The Hall–Kier alpha value is -0.546. The highest BCUT2D eigenvalue weighted by molar-refractivity contribution is 7.36. The van der Waals surface area contributed by atoms with Crippen molar-refractivity contribution in [2.45, 2.75) is 33.1 Å². The van der Waals surface area contributed by atoms with Crippen LogP contribution in [-0.2, 0) is 0 Å². The van der Waals surface area contributed by atoms with E-state index in [1.807, 2.05) is 0 Å². The summed E-state index contributed by atoms with van der Waals surface area (Å²) >= 11 is 0. The predicted molar refractivity (Wildman–Crippen MR) is 71.6 cm³/mol. The minimum absolute atomic E-state index is 0.714. The molecule has 2 N–H and O–H groups in total. The smallest absolute Gasteiger partial charge is 0.0614 e. The average molecular weight is 223 g/mol. The highest BCUT2D eigenvalue weighted by Crippen LogP contribution is 2.11. The summed E-state index contributed by atoms with van der Waals surface area (Å²) in [7, 11) is -1.66. The fraction of sp³-hybridized carbons (Fsp3) is 0.455. The summed E-state index contributed by atoms with van der Waals surface area (Å²) in [5.41, 5.74) is 7.98. The maximum atomic E-state index is 5.82.